The zero-order valence-electron chi connectivity index (χ0n) is 69.1. The first-order chi connectivity index (χ1) is 60.8. The third-order valence-electron chi connectivity index (χ3n) is 21.3. The van der Waals surface area contributed by atoms with Crippen LogP contribution in [0.5, 0.6) is 0 Å². The average molecular weight is 1770 g/mol. The number of aromatic nitrogens is 13. The molecule has 26 nitrogen and oxygen atoms in total. The second kappa shape index (κ2) is 34.4. The van der Waals surface area contributed by atoms with E-state index < -0.39 is 40.1 Å². The smallest absolute Gasteiger partial charge is 0.269 e. The van der Waals surface area contributed by atoms with Crippen LogP contribution in [0.15, 0.2) is 358 Å². The molecule has 0 fully saturated rings. The van der Waals surface area contributed by atoms with Crippen molar-refractivity contribution in [2.24, 2.45) is 0 Å². The van der Waals surface area contributed by atoms with Gasteiger partial charge in [0.1, 0.15) is 11.6 Å². The summed E-state index contributed by atoms with van der Waals surface area (Å²) in [5.41, 5.74) is 17.2. The Kier molecular flexibility index (Phi) is 22.8. The molecule has 0 unspecified atom stereocenters. The van der Waals surface area contributed by atoms with E-state index in [1.54, 1.807) is 220 Å². The highest BCUT2D eigenvalue weighted by Crippen LogP contribution is 2.42. The van der Waals surface area contributed by atoms with E-state index in [9.17, 15) is 33.7 Å². The van der Waals surface area contributed by atoms with Gasteiger partial charge in [0.25, 0.3) is 40.1 Å². The monoisotopic (exact) mass is 1760 g/mol. The van der Waals surface area contributed by atoms with E-state index in [2.05, 4.69) is 45.0 Å². The second-order valence-corrected chi connectivity index (χ2v) is 38.1. The summed E-state index contributed by atoms with van der Waals surface area (Å²) in [5, 5.41) is 8.97. The number of rotatable bonds is 19. The number of nitrogens with one attached hydrogen (secondary N) is 2. The molecule has 0 atom stereocenters. The first-order valence-electron chi connectivity index (χ1n) is 39.4. The summed E-state index contributed by atoms with van der Waals surface area (Å²) in [6, 6.07) is 71.6. The van der Waals surface area contributed by atoms with Crippen molar-refractivity contribution in [1.29, 1.82) is 0 Å². The van der Waals surface area contributed by atoms with E-state index in [4.69, 9.17) is 8.94 Å². The number of furan rings is 1. The van der Waals surface area contributed by atoms with Crippen molar-refractivity contribution in [1.82, 2.24) is 60.9 Å². The first-order valence-corrected chi connectivity index (χ1v) is 46.0. The molecule has 0 aliphatic carbocycles. The maximum Gasteiger partial charge on any atom is 0.269 e. The van der Waals surface area contributed by atoms with Crippen molar-refractivity contribution in [2.45, 2.75) is 33.4 Å². The summed E-state index contributed by atoms with van der Waals surface area (Å²) in [6.45, 7) is 3.67. The molecule has 13 aromatic heterocycles. The van der Waals surface area contributed by atoms with Gasteiger partial charge in [-0.3, -0.25) is 0 Å². The lowest BCUT2D eigenvalue weighted by Crippen LogP contribution is -2.12. The molecule has 0 amide bonds. The highest BCUT2D eigenvalue weighted by atomic mass is 32.2. The van der Waals surface area contributed by atoms with Crippen LogP contribution in [-0.4, -0.2) is 137 Å². The summed E-state index contributed by atoms with van der Waals surface area (Å²) in [7, 11) is -3.30. The molecule has 0 saturated heterocycles. The standard InChI is InChI=1S/C26H24N4O3S.2C24H21N5O2S.C21H14N2O3S2/c1-17-25(18(2)33-28-17)24-16-30(34(31,32)22-8-6-5-7-9-22)26-23(24)14-20(15-27-26)19-10-12-21(13-11-19)29(3)4;1-28(2)19-10-8-17(9-11-19)18-12-21-22(23-14-25-16-27-23)15-29(24(21)26-13-18)32(30,31)20-6-4-3-5-7-20;1-28(2)19-10-8-17(9-11-19)18-14-21-22(23-25-12-13-26-23)16-29(24(21)27-15-18)32(30,31)20-6-4-3-5-7-20;24-28(25,17-5-2-1-3-6-17)23-13-19(15-8-9-26-14-15)18-11-16(12-22-21(18)23)20-7-4-10-27-20/h5-16H,1-4H3;3-16H,1-2H3,(H,25,27);3-16H,1-2H3,(H,25,26);1-14H. The number of benzene rings is 7. The van der Waals surface area contributed by atoms with E-state index in [-0.39, 0.29) is 19.6 Å². The summed E-state index contributed by atoms with van der Waals surface area (Å²) >= 11 is 1.61. The van der Waals surface area contributed by atoms with Crippen LogP contribution < -0.4 is 14.7 Å². The lowest BCUT2D eigenvalue weighted by atomic mass is 10.0. The largest absolute Gasteiger partial charge is 0.472 e. The Bertz CT molecular complexity index is 7530. The van der Waals surface area contributed by atoms with Gasteiger partial charge in [0, 0.05) is 203 Å². The van der Waals surface area contributed by atoms with Crippen LogP contribution in [0.25, 0.3) is 133 Å². The molecule has 31 heteroatoms. The number of hydrogen-bond acceptors (Lipinski definition) is 21. The molecule has 0 aliphatic heterocycles. The van der Waals surface area contributed by atoms with E-state index >= 15 is 0 Å². The van der Waals surface area contributed by atoms with Crippen molar-refractivity contribution < 1.29 is 42.6 Å². The van der Waals surface area contributed by atoms with Gasteiger partial charge in [-0.2, -0.15) is 0 Å². The van der Waals surface area contributed by atoms with Gasteiger partial charge in [-0.15, -0.1) is 11.3 Å². The van der Waals surface area contributed by atoms with Crippen LogP contribution in [-0.2, 0) is 40.1 Å². The lowest BCUT2D eigenvalue weighted by molar-refractivity contribution is 0.393. The molecular formula is C95H80N16O10S5. The van der Waals surface area contributed by atoms with Gasteiger partial charge in [0.05, 0.1) is 56.0 Å². The minimum absolute atomic E-state index is 0.197. The van der Waals surface area contributed by atoms with Gasteiger partial charge in [-0.05, 0) is 157 Å². The molecule has 0 radical (unpaired) electrons. The van der Waals surface area contributed by atoms with Gasteiger partial charge < -0.3 is 33.6 Å². The number of anilines is 3. The predicted octanol–water partition coefficient (Wildman–Crippen LogP) is 19.3. The molecule has 0 bridgehead atoms. The van der Waals surface area contributed by atoms with Crippen LogP contribution in [0.4, 0.5) is 17.1 Å². The van der Waals surface area contributed by atoms with Crippen molar-refractivity contribution >= 4 is 113 Å². The van der Waals surface area contributed by atoms with E-state index in [0.29, 0.717) is 61.8 Å². The topological polar surface area (TPSA) is 314 Å². The number of pyridine rings is 4. The fraction of sp³-hybridized carbons (Fsp3) is 0.0842. The molecule has 0 spiro atoms. The minimum Gasteiger partial charge on any atom is -0.472 e. The number of fused-ring (bicyclic) bond motifs is 4. The summed E-state index contributed by atoms with van der Waals surface area (Å²) in [5.74, 6) is 1.20. The van der Waals surface area contributed by atoms with Gasteiger partial charge in [-0.1, -0.05) is 120 Å². The van der Waals surface area contributed by atoms with Crippen LogP contribution in [0.1, 0.15) is 11.5 Å². The molecule has 7 aromatic carbocycles. The quantitative estimate of drug-likeness (QED) is 0.0759. The Morgan fingerprint density at radius 3 is 1.11 bits per heavy atom. The van der Waals surface area contributed by atoms with Crippen LogP contribution >= 0.6 is 11.3 Å². The molecule has 20 aromatic rings. The van der Waals surface area contributed by atoms with Crippen molar-refractivity contribution in [3.63, 3.8) is 0 Å². The number of H-pyrrole nitrogens is 2. The van der Waals surface area contributed by atoms with Gasteiger partial charge >= 0.3 is 0 Å². The predicted molar refractivity (Wildman–Crippen MR) is 495 cm³/mol. The lowest BCUT2D eigenvalue weighted by Gasteiger charge is -2.13. The van der Waals surface area contributed by atoms with E-state index in [1.807, 2.05) is 191 Å². The number of hydrogen-bond donors (Lipinski definition) is 2. The van der Waals surface area contributed by atoms with Crippen molar-refractivity contribution in [3.05, 3.63) is 340 Å². The third kappa shape index (κ3) is 16.3. The summed E-state index contributed by atoms with van der Waals surface area (Å²) in [4.78, 5) is 40.9. The van der Waals surface area contributed by atoms with Crippen LogP contribution in [0.2, 0.25) is 0 Å². The molecule has 630 valence electrons. The van der Waals surface area contributed by atoms with E-state index in [0.717, 1.165) is 99.6 Å². The Hall–Kier alpha value is -14.9. The zero-order valence-corrected chi connectivity index (χ0v) is 73.1. The summed E-state index contributed by atoms with van der Waals surface area (Å²) in [6.07, 6.45) is 23.0. The maximum atomic E-state index is 13.5. The number of imidazole rings is 2. The Balaban J connectivity index is 0.000000119. The fourth-order valence-corrected chi connectivity index (χ4v) is 20.8. The number of aryl methyl sites for hydroxylation is 2. The molecular weight excluding hydrogens is 1690 g/mol. The second-order valence-electron chi connectivity index (χ2n) is 29.9. The highest BCUT2D eigenvalue weighted by Gasteiger charge is 2.30. The first kappa shape index (κ1) is 83.4. The summed E-state index contributed by atoms with van der Waals surface area (Å²) < 4.78 is 123. The minimum atomic E-state index is -3.86. The van der Waals surface area contributed by atoms with Gasteiger partial charge in [-0.25, -0.2) is 79.5 Å². The van der Waals surface area contributed by atoms with Crippen LogP contribution in [0.3, 0.4) is 0 Å². The Labute approximate surface area is 730 Å². The Morgan fingerprint density at radius 2 is 0.754 bits per heavy atom. The molecule has 0 saturated carbocycles. The molecule has 20 rings (SSSR count). The van der Waals surface area contributed by atoms with Crippen molar-refractivity contribution in [3.8, 4) is 88.7 Å². The number of thiophene rings is 1. The van der Waals surface area contributed by atoms with Gasteiger partial charge in [0.2, 0.25) is 0 Å². The number of nitrogens with zero attached hydrogens (tertiary/aromatic N) is 14. The molecule has 0 aliphatic rings. The molecule has 13 heterocycles. The zero-order chi connectivity index (χ0) is 87.8. The van der Waals surface area contributed by atoms with Gasteiger partial charge in [0.15, 0.2) is 22.6 Å². The fourth-order valence-electron chi connectivity index (χ4n) is 14.7. The van der Waals surface area contributed by atoms with Crippen LogP contribution in [0, 0.1) is 13.8 Å². The SMILES string of the molecule is CN(C)c1ccc(-c2cnc3c(c2)c(-c2cnc[nH]2)cn3S(=O)(=O)c2ccccc2)cc1.CN(C)c1ccc(-c2cnc3c(c2)c(-c2ncc[nH]2)cn3S(=O)(=O)c2ccccc2)cc1.Cc1noc(C)c1-c1cn(S(=O)(=O)c2ccccc2)c2ncc(-c3ccc(N(C)C)cc3)cc12.O=S(=O)(c1ccccc1)n1cc(-c2ccoc2)c2cc(-c3cccs3)cnc21. The average Bonchev–Trinajstić information content (AvgIpc) is 1.60. The van der Waals surface area contributed by atoms with E-state index in [1.165, 1.54) is 15.9 Å². The molecule has 2 N–H and O–H groups in total. The number of aromatic amines is 2. The Morgan fingerprint density at radius 1 is 0.373 bits per heavy atom. The maximum absolute atomic E-state index is 13.5. The van der Waals surface area contributed by atoms with Crippen molar-refractivity contribution in [2.75, 3.05) is 57.0 Å². The highest BCUT2D eigenvalue weighted by molar-refractivity contribution is 7.91. The normalized spacial score (nSPS) is 11.7. The third-order valence-corrected chi connectivity index (χ3v) is 28.9. The molecule has 126 heavy (non-hydrogen) atoms.